The molecule has 0 saturated heterocycles. The van der Waals surface area contributed by atoms with E-state index in [4.69, 9.17) is 21.1 Å². The Morgan fingerprint density at radius 1 is 1.33 bits per heavy atom. The summed E-state index contributed by atoms with van der Waals surface area (Å²) in [6, 6.07) is 5.36. The second-order valence-corrected chi connectivity index (χ2v) is 7.26. The molecular weight excluding hydrogens is 366 g/mol. The monoisotopic (exact) mass is 389 g/mol. The zero-order valence-corrected chi connectivity index (χ0v) is 16.5. The van der Waals surface area contributed by atoms with Gasteiger partial charge in [0.25, 0.3) is 0 Å². The minimum atomic E-state index is -0.253. The third kappa shape index (κ3) is 4.83. The Hall–Kier alpha value is -2.47. The van der Waals surface area contributed by atoms with E-state index in [2.05, 4.69) is 24.3 Å². The number of rotatable bonds is 5. The average Bonchev–Trinajstić information content (AvgIpc) is 2.78. The van der Waals surface area contributed by atoms with Gasteiger partial charge in [-0.05, 0) is 31.1 Å². The van der Waals surface area contributed by atoms with Crippen LogP contribution in [0.1, 0.15) is 31.5 Å². The Bertz CT molecular complexity index is 858. The quantitative estimate of drug-likeness (QED) is 0.773. The molecule has 7 heteroatoms. The highest BCUT2D eigenvalue weighted by Crippen LogP contribution is 2.32. The van der Waals surface area contributed by atoms with Crippen LogP contribution in [0.25, 0.3) is 6.08 Å². The smallest absolute Gasteiger partial charge is 0.248 e. The first kappa shape index (κ1) is 19.3. The fourth-order valence-corrected chi connectivity index (χ4v) is 3.11. The second kappa shape index (κ2) is 8.48. The number of anilines is 1. The zero-order valence-electron chi connectivity index (χ0n) is 15.8. The van der Waals surface area contributed by atoms with Crippen LogP contribution in [-0.2, 0) is 11.3 Å². The van der Waals surface area contributed by atoms with Crippen LogP contribution >= 0.6 is 11.6 Å². The van der Waals surface area contributed by atoms with Crippen molar-refractivity contribution in [3.63, 3.8) is 0 Å². The highest BCUT2D eigenvalue weighted by Gasteiger charge is 2.13. The van der Waals surface area contributed by atoms with Gasteiger partial charge >= 0.3 is 0 Å². The second-order valence-electron chi connectivity index (χ2n) is 6.90. The first-order valence-electron chi connectivity index (χ1n) is 9.05. The number of nitrogens with one attached hydrogen (secondary N) is 1. The van der Waals surface area contributed by atoms with E-state index in [-0.39, 0.29) is 5.91 Å². The number of benzene rings is 1. The van der Waals surface area contributed by atoms with Gasteiger partial charge in [0.15, 0.2) is 11.5 Å². The van der Waals surface area contributed by atoms with E-state index in [1.165, 1.54) is 6.08 Å². The summed E-state index contributed by atoms with van der Waals surface area (Å²) in [6.07, 6.45) is 3.99. The summed E-state index contributed by atoms with van der Waals surface area (Å²) >= 11 is 6.40. The van der Waals surface area contributed by atoms with Crippen LogP contribution in [0.2, 0.25) is 5.15 Å². The molecule has 1 amide bonds. The number of amides is 1. The summed E-state index contributed by atoms with van der Waals surface area (Å²) in [6.45, 7) is 8.05. The lowest BCUT2D eigenvalue weighted by Gasteiger charge is -2.09. The van der Waals surface area contributed by atoms with Gasteiger partial charge in [-0.3, -0.25) is 9.48 Å². The molecule has 0 bridgehead atoms. The molecule has 27 heavy (non-hydrogen) atoms. The highest BCUT2D eigenvalue weighted by atomic mass is 35.5. The number of carbonyl (C=O) groups excluding carboxylic acids is 1. The molecule has 0 atom stereocenters. The zero-order chi connectivity index (χ0) is 19.4. The largest absolute Gasteiger partial charge is 0.490 e. The van der Waals surface area contributed by atoms with Crippen molar-refractivity contribution in [1.82, 2.24) is 9.78 Å². The van der Waals surface area contributed by atoms with Gasteiger partial charge in [-0.1, -0.05) is 25.4 Å². The van der Waals surface area contributed by atoms with Crippen LogP contribution in [0.5, 0.6) is 11.5 Å². The van der Waals surface area contributed by atoms with Gasteiger partial charge in [0.2, 0.25) is 5.91 Å². The number of hydrogen-bond donors (Lipinski definition) is 1. The molecule has 0 saturated carbocycles. The number of aryl methyl sites for hydroxylation is 1. The minimum Gasteiger partial charge on any atom is -0.490 e. The van der Waals surface area contributed by atoms with E-state index >= 15 is 0 Å². The van der Waals surface area contributed by atoms with E-state index < -0.39 is 0 Å². The van der Waals surface area contributed by atoms with Crippen LogP contribution in [-0.4, -0.2) is 28.9 Å². The summed E-state index contributed by atoms with van der Waals surface area (Å²) in [5, 5.41) is 7.81. The first-order valence-corrected chi connectivity index (χ1v) is 9.43. The third-order valence-corrected chi connectivity index (χ3v) is 4.46. The molecule has 1 aromatic carbocycles. The number of hydrogen-bond acceptors (Lipinski definition) is 4. The van der Waals surface area contributed by atoms with Crippen LogP contribution in [0.15, 0.2) is 24.3 Å². The Kier molecular flexibility index (Phi) is 6.06. The highest BCUT2D eigenvalue weighted by molar-refractivity contribution is 6.31. The maximum absolute atomic E-state index is 12.3. The molecule has 2 heterocycles. The number of carbonyl (C=O) groups is 1. The summed E-state index contributed by atoms with van der Waals surface area (Å²) in [5.41, 5.74) is 2.19. The SMILES string of the molecule is Cc1nn(CC(C)C)c(Cl)c1C=CC(=O)Nc1ccc2c(c1)OCCCO2. The molecule has 0 radical (unpaired) electrons. The van der Waals surface area contributed by atoms with Gasteiger partial charge < -0.3 is 14.8 Å². The van der Waals surface area contributed by atoms with E-state index in [1.807, 2.05) is 6.92 Å². The Labute approximate surface area is 164 Å². The minimum absolute atomic E-state index is 0.253. The lowest BCUT2D eigenvalue weighted by atomic mass is 10.2. The average molecular weight is 390 g/mol. The van der Waals surface area contributed by atoms with Crippen molar-refractivity contribution in [3.8, 4) is 11.5 Å². The Balaban J connectivity index is 1.69. The topological polar surface area (TPSA) is 65.4 Å². The number of ether oxygens (including phenoxy) is 2. The van der Waals surface area contributed by atoms with Crippen molar-refractivity contribution in [2.45, 2.75) is 33.7 Å². The fraction of sp³-hybridized carbons (Fsp3) is 0.400. The summed E-state index contributed by atoms with van der Waals surface area (Å²) in [4.78, 5) is 12.3. The molecule has 144 valence electrons. The van der Waals surface area contributed by atoms with Crippen LogP contribution in [0.4, 0.5) is 5.69 Å². The normalized spacial score (nSPS) is 13.8. The van der Waals surface area contributed by atoms with E-state index in [0.29, 0.717) is 41.5 Å². The third-order valence-electron chi connectivity index (χ3n) is 4.06. The predicted octanol–water partition coefficient (Wildman–Crippen LogP) is 4.31. The number of aromatic nitrogens is 2. The molecule has 0 fully saturated rings. The van der Waals surface area contributed by atoms with Crippen LogP contribution < -0.4 is 14.8 Å². The van der Waals surface area contributed by atoms with Gasteiger partial charge in [0, 0.05) is 36.4 Å². The lowest BCUT2D eigenvalue weighted by molar-refractivity contribution is -0.111. The summed E-state index contributed by atoms with van der Waals surface area (Å²) < 4.78 is 13.0. The van der Waals surface area contributed by atoms with Crippen molar-refractivity contribution in [2.24, 2.45) is 5.92 Å². The summed E-state index contributed by atoms with van der Waals surface area (Å²) in [5.74, 6) is 1.52. The number of halogens is 1. The Morgan fingerprint density at radius 3 is 2.81 bits per heavy atom. The van der Waals surface area contributed by atoms with Crippen LogP contribution in [0.3, 0.4) is 0 Å². The molecule has 1 N–H and O–H groups in total. The van der Waals surface area contributed by atoms with E-state index in [0.717, 1.165) is 24.2 Å². The molecule has 0 unspecified atom stereocenters. The van der Waals surface area contributed by atoms with Crippen molar-refractivity contribution in [3.05, 3.63) is 40.7 Å². The van der Waals surface area contributed by atoms with Crippen molar-refractivity contribution in [2.75, 3.05) is 18.5 Å². The van der Waals surface area contributed by atoms with Crippen molar-refractivity contribution < 1.29 is 14.3 Å². The van der Waals surface area contributed by atoms with Crippen molar-refractivity contribution >= 4 is 29.3 Å². The van der Waals surface area contributed by atoms with E-state index in [1.54, 1.807) is 29.0 Å². The molecule has 1 aromatic heterocycles. The molecule has 6 nitrogen and oxygen atoms in total. The molecule has 0 spiro atoms. The molecule has 3 rings (SSSR count). The van der Waals surface area contributed by atoms with Gasteiger partial charge in [0.05, 0.1) is 18.9 Å². The molecule has 0 aliphatic carbocycles. The molecule has 1 aliphatic rings. The molecule has 1 aliphatic heterocycles. The van der Waals surface area contributed by atoms with E-state index in [9.17, 15) is 4.79 Å². The fourth-order valence-electron chi connectivity index (χ4n) is 2.81. The maximum Gasteiger partial charge on any atom is 0.248 e. The van der Waals surface area contributed by atoms with Crippen LogP contribution in [0, 0.1) is 12.8 Å². The number of fused-ring (bicyclic) bond motifs is 1. The standard InChI is InChI=1S/C20H24ClN3O3/c1-13(2)12-24-20(21)16(14(3)23-24)6-8-19(25)22-15-5-7-17-18(11-15)27-10-4-9-26-17/h5-8,11,13H,4,9-10,12H2,1-3H3,(H,22,25). The van der Waals surface area contributed by atoms with Crippen molar-refractivity contribution in [1.29, 1.82) is 0 Å². The van der Waals surface area contributed by atoms with Gasteiger partial charge in [-0.15, -0.1) is 0 Å². The van der Waals surface area contributed by atoms with Gasteiger partial charge in [0.1, 0.15) is 5.15 Å². The Morgan fingerprint density at radius 2 is 2.07 bits per heavy atom. The predicted molar refractivity (Wildman–Crippen MR) is 107 cm³/mol. The molecule has 2 aromatic rings. The molecular formula is C20H24ClN3O3. The first-order chi connectivity index (χ1) is 12.9. The van der Waals surface area contributed by atoms with Gasteiger partial charge in [-0.25, -0.2) is 0 Å². The lowest BCUT2D eigenvalue weighted by Crippen LogP contribution is -2.08. The summed E-state index contributed by atoms with van der Waals surface area (Å²) in [7, 11) is 0. The maximum atomic E-state index is 12.3. The number of nitrogens with zero attached hydrogens (tertiary/aromatic N) is 2. The van der Waals surface area contributed by atoms with Gasteiger partial charge in [-0.2, -0.15) is 5.10 Å².